The summed E-state index contributed by atoms with van der Waals surface area (Å²) in [4.78, 5) is 5.09. The second-order valence-corrected chi connectivity index (χ2v) is 6.94. The first-order valence-corrected chi connectivity index (χ1v) is 9.18. The van der Waals surface area contributed by atoms with E-state index in [9.17, 15) is 5.11 Å². The van der Waals surface area contributed by atoms with E-state index in [0.717, 1.165) is 24.7 Å². The second kappa shape index (κ2) is 8.50. The molecule has 2 heterocycles. The van der Waals surface area contributed by atoms with Gasteiger partial charge >= 0.3 is 0 Å². The van der Waals surface area contributed by atoms with Gasteiger partial charge in [-0.1, -0.05) is 27.7 Å². The van der Waals surface area contributed by atoms with Crippen LogP contribution in [-0.4, -0.2) is 59.8 Å². The van der Waals surface area contributed by atoms with Gasteiger partial charge in [0.25, 0.3) is 0 Å². The van der Waals surface area contributed by atoms with E-state index in [1.165, 1.54) is 39.0 Å². The molecule has 3 aliphatic rings. The average Bonchev–Trinajstić information content (AvgIpc) is 2.46. The Morgan fingerprint density at radius 2 is 1.52 bits per heavy atom. The Morgan fingerprint density at radius 1 is 0.952 bits per heavy atom. The van der Waals surface area contributed by atoms with Gasteiger partial charge in [-0.05, 0) is 58.0 Å². The molecule has 1 N–H and O–H groups in total. The van der Waals surface area contributed by atoms with E-state index in [0.29, 0.717) is 6.04 Å². The van der Waals surface area contributed by atoms with Crippen LogP contribution < -0.4 is 0 Å². The number of likely N-dealkylation sites (tertiary alicyclic amines) is 2. The summed E-state index contributed by atoms with van der Waals surface area (Å²) in [5.41, 5.74) is -0.367. The summed E-state index contributed by atoms with van der Waals surface area (Å²) in [5.74, 6) is 1.87. The molecule has 0 bridgehead atoms. The average molecular weight is 299 g/mol. The lowest BCUT2D eigenvalue weighted by Gasteiger charge is -2.51. The molecule has 0 aromatic rings. The van der Waals surface area contributed by atoms with Crippen molar-refractivity contribution in [1.29, 1.82) is 0 Å². The molecule has 0 radical (unpaired) electrons. The van der Waals surface area contributed by atoms with Gasteiger partial charge in [-0.3, -0.25) is 4.90 Å². The fourth-order valence-corrected chi connectivity index (χ4v) is 4.02. The van der Waals surface area contributed by atoms with Crippen molar-refractivity contribution in [3.63, 3.8) is 0 Å². The Morgan fingerprint density at radius 3 is 2.00 bits per heavy atom. The lowest BCUT2D eigenvalue weighted by atomic mass is 9.74. The van der Waals surface area contributed by atoms with Gasteiger partial charge in [0.05, 0.1) is 5.60 Å². The number of hydrogen-bond donors (Lipinski definition) is 1. The van der Waals surface area contributed by atoms with Gasteiger partial charge in [0.1, 0.15) is 0 Å². The Kier molecular flexibility index (Phi) is 7.66. The van der Waals surface area contributed by atoms with Crippen LogP contribution in [0, 0.1) is 11.8 Å². The Hall–Kier alpha value is -0.120. The van der Waals surface area contributed by atoms with E-state index < -0.39 is 0 Å². The molecule has 1 atom stereocenters. The van der Waals surface area contributed by atoms with Gasteiger partial charge in [0.2, 0.25) is 0 Å². The number of piperidine rings is 1. The van der Waals surface area contributed by atoms with E-state index in [2.05, 4.69) is 16.8 Å². The van der Waals surface area contributed by atoms with Crippen LogP contribution in [0.1, 0.15) is 60.3 Å². The summed E-state index contributed by atoms with van der Waals surface area (Å²) < 4.78 is 0. The van der Waals surface area contributed by atoms with Crippen molar-refractivity contribution in [2.24, 2.45) is 11.8 Å². The summed E-state index contributed by atoms with van der Waals surface area (Å²) in [5, 5.41) is 9.85. The maximum absolute atomic E-state index is 9.85. The highest BCUT2D eigenvalue weighted by molar-refractivity contribution is 4.98. The third kappa shape index (κ3) is 4.94. The minimum atomic E-state index is -0.367. The van der Waals surface area contributed by atoms with Gasteiger partial charge < -0.3 is 10.0 Å². The zero-order chi connectivity index (χ0) is 16.0. The van der Waals surface area contributed by atoms with Crippen molar-refractivity contribution < 1.29 is 5.11 Å². The van der Waals surface area contributed by atoms with Crippen molar-refractivity contribution in [3.05, 3.63) is 0 Å². The molecule has 3 heteroatoms. The zero-order valence-corrected chi connectivity index (χ0v) is 15.2. The molecule has 3 fully saturated rings. The monoisotopic (exact) mass is 298 g/mol. The molecule has 126 valence electrons. The van der Waals surface area contributed by atoms with Gasteiger partial charge in [-0.15, -0.1) is 0 Å². The maximum atomic E-state index is 9.85. The van der Waals surface area contributed by atoms with Gasteiger partial charge in [-0.2, -0.15) is 0 Å². The van der Waals surface area contributed by atoms with Crippen molar-refractivity contribution in [2.75, 3.05) is 33.2 Å². The SMILES string of the molecule is CC.CC.CN1CC(C2CCCN(C3CC(C)(O)C3)C2)C1. The Balaban J connectivity index is 0.000000510. The van der Waals surface area contributed by atoms with E-state index >= 15 is 0 Å². The zero-order valence-electron chi connectivity index (χ0n) is 15.2. The van der Waals surface area contributed by atoms with Crippen LogP contribution in [0.15, 0.2) is 0 Å². The number of rotatable bonds is 2. The fourth-order valence-electron chi connectivity index (χ4n) is 4.02. The quantitative estimate of drug-likeness (QED) is 0.848. The lowest BCUT2D eigenvalue weighted by Crippen LogP contribution is -2.58. The topological polar surface area (TPSA) is 26.7 Å². The molecule has 0 aromatic heterocycles. The first-order chi connectivity index (χ1) is 10.0. The van der Waals surface area contributed by atoms with Crippen LogP contribution in [0.4, 0.5) is 0 Å². The highest BCUT2D eigenvalue weighted by Crippen LogP contribution is 2.38. The number of nitrogens with zero attached hydrogens (tertiary/aromatic N) is 2. The highest BCUT2D eigenvalue weighted by Gasteiger charge is 2.43. The van der Waals surface area contributed by atoms with E-state index in [1.54, 1.807) is 0 Å². The summed E-state index contributed by atoms with van der Waals surface area (Å²) in [6, 6.07) is 0.672. The Labute approximate surface area is 132 Å². The summed E-state index contributed by atoms with van der Waals surface area (Å²) in [6.45, 7) is 15.1. The summed E-state index contributed by atoms with van der Waals surface area (Å²) >= 11 is 0. The van der Waals surface area contributed by atoms with Crippen molar-refractivity contribution in [2.45, 2.75) is 71.9 Å². The van der Waals surface area contributed by atoms with Gasteiger partial charge in [0, 0.05) is 25.7 Å². The molecule has 21 heavy (non-hydrogen) atoms. The first-order valence-electron chi connectivity index (χ1n) is 9.18. The molecule has 2 saturated heterocycles. The van der Waals surface area contributed by atoms with E-state index in [1.807, 2.05) is 34.6 Å². The molecule has 1 saturated carbocycles. The molecular weight excluding hydrogens is 260 g/mol. The van der Waals surface area contributed by atoms with Crippen molar-refractivity contribution in [1.82, 2.24) is 9.80 Å². The lowest BCUT2D eigenvalue weighted by molar-refractivity contribution is -0.0924. The minimum Gasteiger partial charge on any atom is -0.390 e. The number of hydrogen-bond acceptors (Lipinski definition) is 3. The van der Waals surface area contributed by atoms with E-state index in [4.69, 9.17) is 0 Å². The molecule has 0 spiro atoms. The van der Waals surface area contributed by atoms with Crippen LogP contribution in [0.5, 0.6) is 0 Å². The third-order valence-corrected chi connectivity index (χ3v) is 5.12. The van der Waals surface area contributed by atoms with Crippen molar-refractivity contribution >= 4 is 0 Å². The van der Waals surface area contributed by atoms with Gasteiger partial charge in [0.15, 0.2) is 0 Å². The molecule has 0 aromatic carbocycles. The van der Waals surface area contributed by atoms with Crippen LogP contribution in [0.2, 0.25) is 0 Å². The first kappa shape index (κ1) is 18.9. The Bertz CT molecular complexity index is 279. The molecule has 2 aliphatic heterocycles. The predicted molar refractivity (Wildman–Crippen MR) is 91.6 cm³/mol. The standard InChI is InChI=1S/C14H26N2O.2C2H6/c1-14(17)6-13(7-14)16-5-3-4-11(10-16)12-8-15(2)9-12;2*1-2/h11-13,17H,3-10H2,1-2H3;2*1-2H3. The molecule has 1 unspecified atom stereocenters. The predicted octanol–water partition coefficient (Wildman–Crippen LogP) is 3.23. The molecular formula is C18H38N2O. The van der Waals surface area contributed by atoms with Crippen LogP contribution in [0.3, 0.4) is 0 Å². The molecule has 3 rings (SSSR count). The van der Waals surface area contributed by atoms with Crippen molar-refractivity contribution in [3.8, 4) is 0 Å². The summed E-state index contributed by atoms with van der Waals surface area (Å²) in [6.07, 6.45) is 4.77. The van der Waals surface area contributed by atoms with Crippen LogP contribution in [-0.2, 0) is 0 Å². The maximum Gasteiger partial charge on any atom is 0.0649 e. The highest BCUT2D eigenvalue weighted by atomic mass is 16.3. The molecule has 1 aliphatic carbocycles. The molecule has 3 nitrogen and oxygen atoms in total. The summed E-state index contributed by atoms with van der Waals surface area (Å²) in [7, 11) is 2.22. The smallest absolute Gasteiger partial charge is 0.0649 e. The second-order valence-electron chi connectivity index (χ2n) is 6.94. The van der Waals surface area contributed by atoms with E-state index in [-0.39, 0.29) is 5.60 Å². The fraction of sp³-hybridized carbons (Fsp3) is 1.00. The van der Waals surface area contributed by atoms with Gasteiger partial charge in [-0.25, -0.2) is 0 Å². The van der Waals surface area contributed by atoms with Crippen LogP contribution in [0.25, 0.3) is 0 Å². The third-order valence-electron chi connectivity index (χ3n) is 5.12. The molecule has 0 amide bonds. The normalized spacial score (nSPS) is 37.3. The largest absolute Gasteiger partial charge is 0.390 e. The van der Waals surface area contributed by atoms with Crippen LogP contribution >= 0.6 is 0 Å². The number of aliphatic hydroxyl groups is 1. The minimum absolute atomic E-state index is 0.367.